The van der Waals surface area contributed by atoms with Crippen LogP contribution in [0.3, 0.4) is 0 Å². The number of aryl methyl sites for hydroxylation is 2. The van der Waals surface area contributed by atoms with E-state index < -0.39 is 0 Å². The standard InChI is InChI=1S/C8H11BrS/c1-3-6-5-7(9)8(4-2)10-6/h5H,3-4H2,1-2H3. The van der Waals surface area contributed by atoms with Gasteiger partial charge in [-0.2, -0.15) is 0 Å². The van der Waals surface area contributed by atoms with Gasteiger partial charge in [0.15, 0.2) is 0 Å². The molecule has 0 aliphatic carbocycles. The highest BCUT2D eigenvalue weighted by Crippen LogP contribution is 2.27. The van der Waals surface area contributed by atoms with Crippen molar-refractivity contribution in [3.05, 3.63) is 20.3 Å². The Bertz CT molecular complexity index is 215. The summed E-state index contributed by atoms with van der Waals surface area (Å²) in [5.41, 5.74) is 0. The molecule has 0 unspecified atom stereocenters. The summed E-state index contributed by atoms with van der Waals surface area (Å²) in [7, 11) is 0. The Labute approximate surface area is 74.4 Å². The van der Waals surface area contributed by atoms with E-state index in [1.807, 2.05) is 11.3 Å². The quantitative estimate of drug-likeness (QED) is 0.712. The molecule has 10 heavy (non-hydrogen) atoms. The van der Waals surface area contributed by atoms with Crippen LogP contribution >= 0.6 is 27.3 Å². The highest BCUT2D eigenvalue weighted by Gasteiger charge is 2.01. The largest absolute Gasteiger partial charge is 0.144 e. The van der Waals surface area contributed by atoms with Gasteiger partial charge in [0.25, 0.3) is 0 Å². The lowest BCUT2D eigenvalue weighted by atomic mass is 10.3. The second kappa shape index (κ2) is 3.54. The van der Waals surface area contributed by atoms with E-state index >= 15 is 0 Å². The highest BCUT2D eigenvalue weighted by atomic mass is 79.9. The van der Waals surface area contributed by atoms with E-state index in [-0.39, 0.29) is 0 Å². The van der Waals surface area contributed by atoms with Crippen molar-refractivity contribution < 1.29 is 0 Å². The Morgan fingerprint density at radius 3 is 2.40 bits per heavy atom. The summed E-state index contributed by atoms with van der Waals surface area (Å²) in [4.78, 5) is 2.94. The maximum atomic E-state index is 3.53. The molecule has 0 aromatic carbocycles. The van der Waals surface area contributed by atoms with Crippen LogP contribution in [0.15, 0.2) is 10.5 Å². The molecule has 1 rings (SSSR count). The van der Waals surface area contributed by atoms with Crippen LogP contribution in [0.1, 0.15) is 23.6 Å². The van der Waals surface area contributed by atoms with Crippen molar-refractivity contribution in [2.45, 2.75) is 26.7 Å². The van der Waals surface area contributed by atoms with Crippen molar-refractivity contribution in [3.63, 3.8) is 0 Å². The van der Waals surface area contributed by atoms with E-state index in [1.165, 1.54) is 14.2 Å². The van der Waals surface area contributed by atoms with Gasteiger partial charge in [0, 0.05) is 14.2 Å². The smallest absolute Gasteiger partial charge is 0.0317 e. The summed E-state index contributed by atoms with van der Waals surface area (Å²) in [6.07, 6.45) is 2.30. The molecule has 0 radical (unpaired) electrons. The first kappa shape index (κ1) is 8.28. The lowest BCUT2D eigenvalue weighted by Gasteiger charge is -1.86. The van der Waals surface area contributed by atoms with Gasteiger partial charge in [0.05, 0.1) is 0 Å². The van der Waals surface area contributed by atoms with Gasteiger partial charge in [0.2, 0.25) is 0 Å². The molecule has 2 heteroatoms. The molecular weight excluding hydrogens is 208 g/mol. The van der Waals surface area contributed by atoms with Crippen molar-refractivity contribution in [2.75, 3.05) is 0 Å². The molecule has 0 spiro atoms. The van der Waals surface area contributed by atoms with Crippen LogP contribution in [0.25, 0.3) is 0 Å². The third-order valence-electron chi connectivity index (χ3n) is 1.48. The second-order valence-electron chi connectivity index (χ2n) is 2.19. The average Bonchev–Trinajstić information content (AvgIpc) is 2.30. The van der Waals surface area contributed by atoms with E-state index in [2.05, 4.69) is 35.8 Å². The molecule has 0 atom stereocenters. The molecule has 0 aliphatic heterocycles. The van der Waals surface area contributed by atoms with Gasteiger partial charge in [-0.3, -0.25) is 0 Å². The van der Waals surface area contributed by atoms with E-state index in [9.17, 15) is 0 Å². The van der Waals surface area contributed by atoms with Gasteiger partial charge in [-0.25, -0.2) is 0 Å². The van der Waals surface area contributed by atoms with Crippen molar-refractivity contribution >= 4 is 27.3 Å². The molecule has 1 aromatic heterocycles. The number of hydrogen-bond acceptors (Lipinski definition) is 1. The normalized spacial score (nSPS) is 10.3. The van der Waals surface area contributed by atoms with E-state index in [0.29, 0.717) is 0 Å². The topological polar surface area (TPSA) is 0 Å². The maximum Gasteiger partial charge on any atom is 0.0317 e. The minimum absolute atomic E-state index is 1.14. The van der Waals surface area contributed by atoms with Crippen LogP contribution in [-0.2, 0) is 12.8 Å². The van der Waals surface area contributed by atoms with Crippen LogP contribution in [0.4, 0.5) is 0 Å². The molecule has 1 aromatic rings. The first-order valence-electron chi connectivity index (χ1n) is 3.55. The van der Waals surface area contributed by atoms with Crippen LogP contribution in [0.5, 0.6) is 0 Å². The van der Waals surface area contributed by atoms with Crippen molar-refractivity contribution in [2.24, 2.45) is 0 Å². The second-order valence-corrected chi connectivity index (χ2v) is 4.27. The Morgan fingerprint density at radius 1 is 1.40 bits per heavy atom. The molecule has 0 saturated heterocycles. The Hall–Kier alpha value is 0.180. The molecule has 0 fully saturated rings. The molecule has 0 amide bonds. The molecule has 0 N–H and O–H groups in total. The zero-order valence-corrected chi connectivity index (χ0v) is 8.68. The van der Waals surface area contributed by atoms with Gasteiger partial charge in [-0.05, 0) is 34.8 Å². The molecule has 0 saturated carbocycles. The Kier molecular flexibility index (Phi) is 2.93. The van der Waals surface area contributed by atoms with E-state index in [0.717, 1.165) is 12.8 Å². The first-order valence-corrected chi connectivity index (χ1v) is 5.16. The zero-order valence-electron chi connectivity index (χ0n) is 6.28. The number of thiophene rings is 1. The van der Waals surface area contributed by atoms with Gasteiger partial charge in [-0.1, -0.05) is 13.8 Å². The SMILES string of the molecule is CCc1cc(Br)c(CC)s1. The molecule has 0 nitrogen and oxygen atoms in total. The van der Waals surface area contributed by atoms with Gasteiger partial charge in [-0.15, -0.1) is 11.3 Å². The predicted molar refractivity (Wildman–Crippen MR) is 50.8 cm³/mol. The lowest BCUT2D eigenvalue weighted by molar-refractivity contribution is 1.17. The summed E-state index contributed by atoms with van der Waals surface area (Å²) >= 11 is 5.44. The summed E-state index contributed by atoms with van der Waals surface area (Å²) < 4.78 is 1.29. The Balaban J connectivity index is 2.92. The van der Waals surface area contributed by atoms with Crippen LogP contribution in [-0.4, -0.2) is 0 Å². The van der Waals surface area contributed by atoms with Gasteiger partial charge >= 0.3 is 0 Å². The van der Waals surface area contributed by atoms with E-state index in [1.54, 1.807) is 0 Å². The van der Waals surface area contributed by atoms with E-state index in [4.69, 9.17) is 0 Å². The van der Waals surface area contributed by atoms with Gasteiger partial charge in [0.1, 0.15) is 0 Å². The Morgan fingerprint density at radius 2 is 2.10 bits per heavy atom. The fourth-order valence-corrected chi connectivity index (χ4v) is 2.76. The average molecular weight is 219 g/mol. The molecule has 1 heterocycles. The van der Waals surface area contributed by atoms with Crippen LogP contribution in [0.2, 0.25) is 0 Å². The van der Waals surface area contributed by atoms with Crippen molar-refractivity contribution in [3.8, 4) is 0 Å². The zero-order chi connectivity index (χ0) is 7.56. The summed E-state index contributed by atoms with van der Waals surface area (Å²) in [5, 5.41) is 0. The van der Waals surface area contributed by atoms with Crippen LogP contribution in [0, 0.1) is 0 Å². The maximum absolute atomic E-state index is 3.53. The highest BCUT2D eigenvalue weighted by molar-refractivity contribution is 9.10. The fraction of sp³-hybridized carbons (Fsp3) is 0.500. The predicted octanol–water partition coefficient (Wildman–Crippen LogP) is 3.64. The van der Waals surface area contributed by atoms with Gasteiger partial charge < -0.3 is 0 Å². The molecule has 0 bridgehead atoms. The molecule has 0 aliphatic rings. The summed E-state index contributed by atoms with van der Waals surface area (Å²) in [6, 6.07) is 2.23. The third kappa shape index (κ3) is 1.61. The lowest BCUT2D eigenvalue weighted by Crippen LogP contribution is -1.68. The third-order valence-corrected chi connectivity index (χ3v) is 3.87. The van der Waals surface area contributed by atoms with Crippen molar-refractivity contribution in [1.82, 2.24) is 0 Å². The summed E-state index contributed by atoms with van der Waals surface area (Å²) in [6.45, 7) is 4.38. The number of hydrogen-bond donors (Lipinski definition) is 0. The van der Waals surface area contributed by atoms with Crippen molar-refractivity contribution in [1.29, 1.82) is 0 Å². The molecule has 56 valence electrons. The number of halogens is 1. The monoisotopic (exact) mass is 218 g/mol. The fourth-order valence-electron chi connectivity index (χ4n) is 0.874. The first-order chi connectivity index (χ1) is 4.77. The number of rotatable bonds is 2. The minimum atomic E-state index is 1.14. The summed E-state index contributed by atoms with van der Waals surface area (Å²) in [5.74, 6) is 0. The minimum Gasteiger partial charge on any atom is -0.144 e. The van der Waals surface area contributed by atoms with Crippen LogP contribution < -0.4 is 0 Å². The molecular formula is C8H11BrS.